The van der Waals surface area contributed by atoms with Crippen LogP contribution in [0.2, 0.25) is 0 Å². The van der Waals surface area contributed by atoms with E-state index in [4.69, 9.17) is 4.42 Å². The van der Waals surface area contributed by atoms with Gasteiger partial charge in [-0.15, -0.1) is 11.3 Å². The zero-order valence-electron chi connectivity index (χ0n) is 11.3. The molecule has 0 radical (unpaired) electrons. The molecule has 5 heteroatoms. The zero-order valence-corrected chi connectivity index (χ0v) is 12.1. The molecule has 4 aromatic rings. The minimum absolute atomic E-state index is 0.843. The van der Waals surface area contributed by atoms with E-state index in [1.54, 1.807) is 30.0 Å². The summed E-state index contributed by atoms with van der Waals surface area (Å²) in [7, 11) is 0. The van der Waals surface area contributed by atoms with Gasteiger partial charge in [-0.05, 0) is 31.2 Å². The number of rotatable bonds is 2. The molecule has 4 aromatic heterocycles. The number of aryl methyl sites for hydroxylation is 1. The molecule has 0 aromatic carbocycles. The lowest BCUT2D eigenvalue weighted by molar-refractivity contribution is 0.615. The number of nitrogens with zero attached hydrogens (tertiary/aromatic N) is 3. The molecule has 0 bridgehead atoms. The highest BCUT2D eigenvalue weighted by atomic mass is 32.1. The Morgan fingerprint density at radius 3 is 2.95 bits per heavy atom. The molecule has 0 amide bonds. The Hall–Kier alpha value is -2.53. The monoisotopic (exact) mass is 293 g/mol. The van der Waals surface area contributed by atoms with Crippen LogP contribution in [-0.4, -0.2) is 15.0 Å². The molecular formula is C16H11N3OS. The van der Waals surface area contributed by atoms with Gasteiger partial charge in [0, 0.05) is 29.5 Å². The van der Waals surface area contributed by atoms with Crippen LogP contribution in [0.1, 0.15) is 5.69 Å². The maximum absolute atomic E-state index is 5.45. The third-order valence-electron chi connectivity index (χ3n) is 3.30. The number of thiazole rings is 1. The lowest BCUT2D eigenvalue weighted by atomic mass is 10.2. The van der Waals surface area contributed by atoms with Crippen LogP contribution in [0, 0.1) is 6.92 Å². The molecule has 21 heavy (non-hydrogen) atoms. The van der Waals surface area contributed by atoms with E-state index < -0.39 is 0 Å². The fraction of sp³-hybridized carbons (Fsp3) is 0.0625. The van der Waals surface area contributed by atoms with Crippen LogP contribution >= 0.6 is 11.3 Å². The van der Waals surface area contributed by atoms with Gasteiger partial charge >= 0.3 is 0 Å². The van der Waals surface area contributed by atoms with Gasteiger partial charge in [0.05, 0.1) is 22.5 Å². The number of pyridine rings is 2. The largest absolute Gasteiger partial charge is 0.464 e. The SMILES string of the molecule is Cc1nc(-c2cccnc2)sc1-c1nccc2occc12. The molecule has 0 aliphatic heterocycles. The summed E-state index contributed by atoms with van der Waals surface area (Å²) in [4.78, 5) is 14.4. The second-order valence-corrected chi connectivity index (χ2v) is 5.67. The summed E-state index contributed by atoms with van der Waals surface area (Å²) in [6.07, 6.45) is 7.05. The number of aromatic nitrogens is 3. The number of furan rings is 1. The molecule has 0 aliphatic rings. The van der Waals surface area contributed by atoms with Crippen molar-refractivity contribution >= 4 is 22.3 Å². The first-order valence-electron chi connectivity index (χ1n) is 6.53. The van der Waals surface area contributed by atoms with E-state index in [0.29, 0.717) is 0 Å². The maximum atomic E-state index is 5.45. The third-order valence-corrected chi connectivity index (χ3v) is 4.51. The highest BCUT2D eigenvalue weighted by molar-refractivity contribution is 7.18. The molecule has 0 fully saturated rings. The van der Waals surface area contributed by atoms with Crippen LogP contribution in [0.3, 0.4) is 0 Å². The summed E-state index contributed by atoms with van der Waals surface area (Å²) in [5, 5.41) is 1.97. The molecule has 0 saturated heterocycles. The number of hydrogen-bond donors (Lipinski definition) is 0. The van der Waals surface area contributed by atoms with Crippen molar-refractivity contribution in [1.82, 2.24) is 15.0 Å². The smallest absolute Gasteiger partial charge is 0.137 e. The highest BCUT2D eigenvalue weighted by Crippen LogP contribution is 2.37. The van der Waals surface area contributed by atoms with Gasteiger partial charge in [-0.25, -0.2) is 4.98 Å². The predicted octanol–water partition coefficient (Wildman–Crippen LogP) is 4.32. The summed E-state index contributed by atoms with van der Waals surface area (Å²) in [5.41, 5.74) is 3.76. The van der Waals surface area contributed by atoms with Gasteiger partial charge in [0.15, 0.2) is 0 Å². The second kappa shape index (κ2) is 4.79. The molecule has 4 heterocycles. The Morgan fingerprint density at radius 2 is 2.10 bits per heavy atom. The Balaban J connectivity index is 1.90. The average molecular weight is 293 g/mol. The molecule has 0 saturated carbocycles. The molecule has 0 spiro atoms. The van der Waals surface area contributed by atoms with Crippen molar-refractivity contribution in [3.8, 4) is 21.1 Å². The minimum Gasteiger partial charge on any atom is -0.464 e. The quantitative estimate of drug-likeness (QED) is 0.552. The Morgan fingerprint density at radius 1 is 1.14 bits per heavy atom. The molecule has 102 valence electrons. The van der Waals surface area contributed by atoms with E-state index in [1.165, 1.54) is 0 Å². The van der Waals surface area contributed by atoms with Crippen LogP contribution in [0.25, 0.3) is 32.1 Å². The summed E-state index contributed by atoms with van der Waals surface area (Å²) in [6, 6.07) is 7.75. The fourth-order valence-corrected chi connectivity index (χ4v) is 3.37. The van der Waals surface area contributed by atoms with Gasteiger partial charge in [0.1, 0.15) is 10.6 Å². The van der Waals surface area contributed by atoms with Crippen LogP contribution < -0.4 is 0 Å². The summed E-state index contributed by atoms with van der Waals surface area (Å²) in [6.45, 7) is 2.01. The first kappa shape index (κ1) is 12.2. The fourth-order valence-electron chi connectivity index (χ4n) is 2.30. The standard InChI is InChI=1S/C16H11N3OS/c1-10-15(14-12-5-8-20-13(12)4-7-18-14)21-16(19-10)11-3-2-6-17-9-11/h2-9H,1H3. The van der Waals surface area contributed by atoms with E-state index in [9.17, 15) is 0 Å². The van der Waals surface area contributed by atoms with Crippen LogP contribution in [0.5, 0.6) is 0 Å². The topological polar surface area (TPSA) is 51.8 Å². The molecule has 0 unspecified atom stereocenters. The zero-order chi connectivity index (χ0) is 14.2. The van der Waals surface area contributed by atoms with Gasteiger partial charge in [0.25, 0.3) is 0 Å². The average Bonchev–Trinajstić information content (AvgIpc) is 3.14. The number of hydrogen-bond acceptors (Lipinski definition) is 5. The van der Waals surface area contributed by atoms with Crippen molar-refractivity contribution in [2.75, 3.05) is 0 Å². The Labute approximate surface area is 125 Å². The normalized spacial score (nSPS) is 11.1. The lowest BCUT2D eigenvalue weighted by Crippen LogP contribution is -1.83. The van der Waals surface area contributed by atoms with Crippen molar-refractivity contribution in [3.63, 3.8) is 0 Å². The Kier molecular flexibility index (Phi) is 2.79. The first-order valence-corrected chi connectivity index (χ1v) is 7.35. The van der Waals surface area contributed by atoms with Crippen LogP contribution in [-0.2, 0) is 0 Å². The van der Waals surface area contributed by atoms with Crippen LogP contribution in [0.15, 0.2) is 53.5 Å². The minimum atomic E-state index is 0.843. The Bertz CT molecular complexity index is 912. The van der Waals surface area contributed by atoms with Crippen LogP contribution in [0.4, 0.5) is 0 Å². The molecule has 0 N–H and O–H groups in total. The predicted molar refractivity (Wildman–Crippen MR) is 83.1 cm³/mol. The van der Waals surface area contributed by atoms with Crippen molar-refractivity contribution < 1.29 is 4.42 Å². The first-order chi connectivity index (χ1) is 10.3. The van der Waals surface area contributed by atoms with Gasteiger partial charge in [-0.1, -0.05) is 0 Å². The molecular weight excluding hydrogens is 282 g/mol. The molecule has 4 rings (SSSR count). The van der Waals surface area contributed by atoms with Crippen molar-refractivity contribution in [2.24, 2.45) is 0 Å². The van der Waals surface area contributed by atoms with Gasteiger partial charge in [0.2, 0.25) is 0 Å². The summed E-state index contributed by atoms with van der Waals surface area (Å²) >= 11 is 1.63. The highest BCUT2D eigenvalue weighted by Gasteiger charge is 2.15. The van der Waals surface area contributed by atoms with Gasteiger partial charge < -0.3 is 4.42 Å². The van der Waals surface area contributed by atoms with E-state index in [-0.39, 0.29) is 0 Å². The van der Waals surface area contributed by atoms with Gasteiger partial charge in [-0.2, -0.15) is 0 Å². The summed E-state index contributed by atoms with van der Waals surface area (Å²) < 4.78 is 5.45. The third kappa shape index (κ3) is 2.02. The van der Waals surface area contributed by atoms with E-state index >= 15 is 0 Å². The van der Waals surface area contributed by atoms with Crippen molar-refractivity contribution in [3.05, 3.63) is 54.8 Å². The molecule has 0 aliphatic carbocycles. The van der Waals surface area contributed by atoms with Crippen molar-refractivity contribution in [2.45, 2.75) is 6.92 Å². The van der Waals surface area contributed by atoms with E-state index in [2.05, 4.69) is 15.0 Å². The van der Waals surface area contributed by atoms with E-state index in [1.807, 2.05) is 37.4 Å². The maximum Gasteiger partial charge on any atom is 0.137 e. The molecule has 4 nitrogen and oxygen atoms in total. The summed E-state index contributed by atoms with van der Waals surface area (Å²) in [5.74, 6) is 0. The van der Waals surface area contributed by atoms with E-state index in [0.717, 1.165) is 37.8 Å². The second-order valence-electron chi connectivity index (χ2n) is 4.67. The number of fused-ring (bicyclic) bond motifs is 1. The molecule has 0 atom stereocenters. The van der Waals surface area contributed by atoms with Gasteiger partial charge in [-0.3, -0.25) is 9.97 Å². The van der Waals surface area contributed by atoms with Crippen molar-refractivity contribution in [1.29, 1.82) is 0 Å². The lowest BCUT2D eigenvalue weighted by Gasteiger charge is -1.98.